The first-order valence-electron chi connectivity index (χ1n) is 13.0. The molecule has 0 unspecified atom stereocenters. The average molecular weight is 498 g/mol. The monoisotopic (exact) mass is 497 g/mol. The summed E-state index contributed by atoms with van der Waals surface area (Å²) in [7, 11) is 0. The lowest BCUT2D eigenvalue weighted by atomic mass is 10.0. The Bertz CT molecular complexity index is 1450. The molecular weight excluding hydrogens is 466 g/mol. The number of hydrogen-bond donors (Lipinski definition) is 1. The van der Waals surface area contributed by atoms with Gasteiger partial charge in [-0.2, -0.15) is 5.10 Å². The molecule has 6 rings (SSSR count). The van der Waals surface area contributed by atoms with E-state index in [4.69, 9.17) is 5.10 Å². The zero-order valence-corrected chi connectivity index (χ0v) is 21.1. The van der Waals surface area contributed by atoms with Crippen molar-refractivity contribution in [3.63, 3.8) is 0 Å². The van der Waals surface area contributed by atoms with Gasteiger partial charge in [-0.1, -0.05) is 18.2 Å². The molecule has 0 atom stereocenters. The number of nitrogens with zero attached hydrogens (tertiary/aromatic N) is 6. The first-order valence-corrected chi connectivity index (χ1v) is 13.0. The van der Waals surface area contributed by atoms with E-state index in [0.717, 1.165) is 40.4 Å². The molecule has 1 aromatic carbocycles. The minimum atomic E-state index is -0.216. The van der Waals surface area contributed by atoms with Crippen molar-refractivity contribution < 1.29 is 9.59 Å². The zero-order chi connectivity index (χ0) is 25.4. The number of imidazole rings is 1. The second kappa shape index (κ2) is 9.80. The van der Waals surface area contributed by atoms with Crippen LogP contribution in [0.4, 0.5) is 0 Å². The summed E-state index contributed by atoms with van der Waals surface area (Å²) in [5.41, 5.74) is 5.18. The molecule has 4 heterocycles. The normalized spacial score (nSPS) is 15.1. The molecule has 1 aliphatic heterocycles. The van der Waals surface area contributed by atoms with Crippen molar-refractivity contribution in [1.29, 1.82) is 0 Å². The second-order valence-corrected chi connectivity index (χ2v) is 10.0. The third-order valence-electron chi connectivity index (χ3n) is 7.38. The van der Waals surface area contributed by atoms with E-state index in [9.17, 15) is 9.59 Å². The molecule has 2 aliphatic rings. The van der Waals surface area contributed by atoms with E-state index in [1.54, 1.807) is 6.20 Å². The molecule has 0 radical (unpaired) electrons. The third kappa shape index (κ3) is 4.85. The predicted octanol–water partition coefficient (Wildman–Crippen LogP) is 3.25. The van der Waals surface area contributed by atoms with Crippen LogP contribution in [-0.2, 0) is 37.4 Å². The van der Waals surface area contributed by atoms with Gasteiger partial charge in [0, 0.05) is 56.5 Å². The molecule has 1 aliphatic carbocycles. The third-order valence-corrected chi connectivity index (χ3v) is 7.38. The van der Waals surface area contributed by atoms with Crippen molar-refractivity contribution >= 4 is 22.8 Å². The Morgan fingerprint density at radius 3 is 2.76 bits per heavy atom. The number of aryl methyl sites for hydroxylation is 2. The highest BCUT2D eigenvalue weighted by Crippen LogP contribution is 2.33. The maximum absolute atomic E-state index is 13.3. The Labute approximate surface area is 215 Å². The number of amides is 2. The highest BCUT2D eigenvalue weighted by Gasteiger charge is 2.32. The number of pyridine rings is 1. The topological polar surface area (TPSA) is 97.9 Å². The Morgan fingerprint density at radius 2 is 1.95 bits per heavy atom. The first kappa shape index (κ1) is 23.4. The first-order chi connectivity index (χ1) is 18.1. The molecule has 1 fully saturated rings. The Hall–Kier alpha value is -4.01. The lowest BCUT2D eigenvalue weighted by molar-refractivity contribution is -0.132. The van der Waals surface area contributed by atoms with Crippen molar-refractivity contribution in [2.24, 2.45) is 5.92 Å². The largest absolute Gasteiger partial charge is 0.345 e. The molecule has 0 bridgehead atoms. The molecule has 4 aromatic rings. The van der Waals surface area contributed by atoms with Crippen LogP contribution < -0.4 is 5.32 Å². The van der Waals surface area contributed by atoms with Gasteiger partial charge in [-0.15, -0.1) is 0 Å². The van der Waals surface area contributed by atoms with Crippen molar-refractivity contribution in [3.8, 4) is 0 Å². The summed E-state index contributed by atoms with van der Waals surface area (Å²) in [4.78, 5) is 37.3. The fourth-order valence-corrected chi connectivity index (χ4v) is 5.18. The number of nitrogens with one attached hydrogen (secondary N) is 1. The van der Waals surface area contributed by atoms with Crippen molar-refractivity contribution in [3.05, 3.63) is 77.1 Å². The lowest BCUT2D eigenvalue weighted by Gasteiger charge is -2.28. The van der Waals surface area contributed by atoms with Crippen LogP contribution in [0, 0.1) is 12.8 Å². The Balaban J connectivity index is 1.18. The summed E-state index contributed by atoms with van der Waals surface area (Å²) in [6, 6.07) is 13.6. The molecule has 37 heavy (non-hydrogen) atoms. The van der Waals surface area contributed by atoms with Crippen LogP contribution in [0.25, 0.3) is 11.0 Å². The summed E-state index contributed by atoms with van der Waals surface area (Å²) in [6.07, 6.45) is 5.23. The molecule has 0 spiro atoms. The molecule has 9 heteroatoms. The van der Waals surface area contributed by atoms with Crippen LogP contribution in [0.15, 0.2) is 48.7 Å². The number of hydrogen-bond acceptors (Lipinski definition) is 5. The van der Waals surface area contributed by atoms with E-state index in [2.05, 4.69) is 19.9 Å². The maximum atomic E-state index is 13.3. The van der Waals surface area contributed by atoms with E-state index in [-0.39, 0.29) is 11.8 Å². The van der Waals surface area contributed by atoms with Crippen LogP contribution in [0.2, 0.25) is 0 Å². The summed E-state index contributed by atoms with van der Waals surface area (Å²) in [5, 5.41) is 7.71. The second-order valence-electron chi connectivity index (χ2n) is 10.0. The van der Waals surface area contributed by atoms with Crippen LogP contribution in [0.1, 0.15) is 52.5 Å². The molecule has 2 amide bonds. The summed E-state index contributed by atoms with van der Waals surface area (Å²) >= 11 is 0. The van der Waals surface area contributed by atoms with Crippen molar-refractivity contribution in [1.82, 2.24) is 34.5 Å². The zero-order valence-electron chi connectivity index (χ0n) is 21.1. The van der Waals surface area contributed by atoms with Crippen LogP contribution >= 0.6 is 0 Å². The number of aromatic nitrogens is 5. The van der Waals surface area contributed by atoms with Gasteiger partial charge < -0.3 is 14.8 Å². The number of carbonyl (C=O) groups excluding carboxylic acids is 2. The summed E-state index contributed by atoms with van der Waals surface area (Å²) < 4.78 is 4.12. The number of carbonyl (C=O) groups is 2. The van der Waals surface area contributed by atoms with E-state index in [1.165, 1.54) is 12.8 Å². The Kier molecular flexibility index (Phi) is 6.20. The minimum absolute atomic E-state index is 0.0811. The van der Waals surface area contributed by atoms with E-state index < -0.39 is 0 Å². The van der Waals surface area contributed by atoms with Crippen LogP contribution in [0.3, 0.4) is 0 Å². The number of para-hydroxylation sites is 2. The number of benzene rings is 1. The average Bonchev–Trinajstić information content (AvgIpc) is 3.59. The van der Waals surface area contributed by atoms with E-state index in [0.29, 0.717) is 50.6 Å². The van der Waals surface area contributed by atoms with Crippen molar-refractivity contribution in [2.45, 2.75) is 58.8 Å². The predicted molar refractivity (Wildman–Crippen MR) is 139 cm³/mol. The van der Waals surface area contributed by atoms with Gasteiger partial charge in [-0.3, -0.25) is 19.3 Å². The van der Waals surface area contributed by atoms with Gasteiger partial charge in [0.1, 0.15) is 5.82 Å². The highest BCUT2D eigenvalue weighted by molar-refractivity contribution is 5.94. The number of fused-ring (bicyclic) bond motifs is 2. The molecular formula is C28H31N7O2. The SMILES string of the molecule is Cc1nc2ccccc2n1CCC(=O)N1CCc2c(c(C(=O)NCc3ccccn3)nn2CC2CC2)C1. The fraction of sp³-hybridized carbons (Fsp3) is 0.393. The molecule has 1 N–H and O–H groups in total. The van der Waals surface area contributed by atoms with Gasteiger partial charge in [-0.25, -0.2) is 4.98 Å². The fourth-order valence-electron chi connectivity index (χ4n) is 5.18. The standard InChI is InChI=1S/C28H31N7O2/c1-19-31-23-7-2-3-8-25(23)34(19)15-12-26(36)33-14-11-24-22(18-33)27(32-35(24)17-20-9-10-20)28(37)30-16-21-6-4-5-13-29-21/h2-8,13,20H,9-12,14-18H2,1H3,(H,30,37). The van der Waals surface area contributed by atoms with Crippen LogP contribution in [-0.4, -0.2) is 47.6 Å². The molecule has 3 aromatic heterocycles. The summed E-state index contributed by atoms with van der Waals surface area (Å²) in [6.45, 7) is 4.78. The molecule has 0 saturated heterocycles. The van der Waals surface area contributed by atoms with Gasteiger partial charge in [-0.05, 0) is 49.9 Å². The minimum Gasteiger partial charge on any atom is -0.345 e. The van der Waals surface area contributed by atoms with Gasteiger partial charge in [0.2, 0.25) is 5.91 Å². The molecule has 190 valence electrons. The molecule has 9 nitrogen and oxygen atoms in total. The summed E-state index contributed by atoms with van der Waals surface area (Å²) in [5.74, 6) is 1.41. The van der Waals surface area contributed by atoms with Crippen LogP contribution in [0.5, 0.6) is 0 Å². The lowest BCUT2D eigenvalue weighted by Crippen LogP contribution is -2.37. The maximum Gasteiger partial charge on any atom is 0.272 e. The Morgan fingerprint density at radius 1 is 1.11 bits per heavy atom. The van der Waals surface area contributed by atoms with E-state index in [1.807, 2.05) is 59.0 Å². The van der Waals surface area contributed by atoms with Gasteiger partial charge in [0.05, 0.1) is 23.3 Å². The number of rotatable bonds is 8. The van der Waals surface area contributed by atoms with Gasteiger partial charge in [0.25, 0.3) is 5.91 Å². The van der Waals surface area contributed by atoms with Crippen molar-refractivity contribution in [2.75, 3.05) is 6.54 Å². The quantitative estimate of drug-likeness (QED) is 0.403. The molecule has 1 saturated carbocycles. The van der Waals surface area contributed by atoms with E-state index >= 15 is 0 Å². The van der Waals surface area contributed by atoms with Gasteiger partial charge in [0.15, 0.2) is 5.69 Å². The highest BCUT2D eigenvalue weighted by atomic mass is 16.2. The van der Waals surface area contributed by atoms with Gasteiger partial charge >= 0.3 is 0 Å². The smallest absolute Gasteiger partial charge is 0.272 e.